The predicted octanol–water partition coefficient (Wildman–Crippen LogP) is 2.67. The molecule has 0 saturated carbocycles. The first kappa shape index (κ1) is 14.3. The zero-order chi connectivity index (χ0) is 14.4. The highest BCUT2D eigenvalue weighted by Crippen LogP contribution is 2.25. The Balaban J connectivity index is 2.09. The number of hydrogen-bond acceptors (Lipinski definition) is 3. The number of rotatable bonds is 7. The largest absolute Gasteiger partial charge is 0.491 e. The Morgan fingerprint density at radius 1 is 1.25 bits per heavy atom. The molecule has 0 heterocycles. The summed E-state index contributed by atoms with van der Waals surface area (Å²) in [6, 6.07) is 13.0. The third kappa shape index (κ3) is 3.48. The number of benzene rings is 2. The van der Waals surface area contributed by atoms with E-state index >= 15 is 0 Å². The monoisotopic (exact) mass is 273 g/mol. The van der Waals surface area contributed by atoms with E-state index < -0.39 is 12.0 Å². The van der Waals surface area contributed by atoms with Crippen molar-refractivity contribution in [1.29, 1.82) is 0 Å². The average Bonchev–Trinajstić information content (AvgIpc) is 2.47. The first-order valence-electron chi connectivity index (χ1n) is 6.79. The van der Waals surface area contributed by atoms with Crippen LogP contribution in [0.25, 0.3) is 10.8 Å². The summed E-state index contributed by atoms with van der Waals surface area (Å²) in [5.41, 5.74) is 0. The van der Waals surface area contributed by atoms with Gasteiger partial charge in [-0.25, -0.2) is 0 Å². The first-order chi connectivity index (χ1) is 9.72. The minimum atomic E-state index is -0.890. The standard InChI is InChI=1S/C16H19NO3/c1-2-10-17-14(16(18)19)11-20-15-9-5-7-12-6-3-4-8-13(12)15/h3-9,14,17H,2,10-11H2,1H3,(H,18,19). The van der Waals surface area contributed by atoms with Crippen LogP contribution in [-0.2, 0) is 4.79 Å². The fourth-order valence-electron chi connectivity index (χ4n) is 2.03. The molecular formula is C16H19NO3. The fourth-order valence-corrected chi connectivity index (χ4v) is 2.03. The van der Waals surface area contributed by atoms with E-state index in [2.05, 4.69) is 5.32 Å². The van der Waals surface area contributed by atoms with E-state index in [4.69, 9.17) is 9.84 Å². The van der Waals surface area contributed by atoms with Crippen LogP contribution < -0.4 is 10.1 Å². The Labute approximate surface area is 118 Å². The van der Waals surface area contributed by atoms with Crippen molar-refractivity contribution in [2.45, 2.75) is 19.4 Å². The number of carboxylic acid groups (broad SMARTS) is 1. The molecule has 0 aliphatic carbocycles. The van der Waals surface area contributed by atoms with Crippen LogP contribution >= 0.6 is 0 Å². The van der Waals surface area contributed by atoms with Crippen molar-refractivity contribution >= 4 is 16.7 Å². The molecule has 0 radical (unpaired) electrons. The molecule has 0 amide bonds. The van der Waals surface area contributed by atoms with Gasteiger partial charge in [0, 0.05) is 5.39 Å². The molecule has 4 nitrogen and oxygen atoms in total. The van der Waals surface area contributed by atoms with Crippen molar-refractivity contribution in [3.8, 4) is 5.75 Å². The summed E-state index contributed by atoms with van der Waals surface area (Å²) in [5, 5.41) is 14.2. The smallest absolute Gasteiger partial charge is 0.324 e. The molecule has 2 aromatic rings. The zero-order valence-corrected chi connectivity index (χ0v) is 11.5. The van der Waals surface area contributed by atoms with Crippen LogP contribution in [-0.4, -0.2) is 30.3 Å². The van der Waals surface area contributed by atoms with E-state index in [9.17, 15) is 4.79 Å². The van der Waals surface area contributed by atoms with Gasteiger partial charge in [0.1, 0.15) is 18.4 Å². The Hall–Kier alpha value is -2.07. The first-order valence-corrected chi connectivity index (χ1v) is 6.79. The molecule has 106 valence electrons. The van der Waals surface area contributed by atoms with Crippen molar-refractivity contribution in [2.24, 2.45) is 0 Å². The molecule has 0 saturated heterocycles. The van der Waals surface area contributed by atoms with E-state index in [0.717, 1.165) is 17.2 Å². The zero-order valence-electron chi connectivity index (χ0n) is 11.5. The van der Waals surface area contributed by atoms with Crippen molar-refractivity contribution in [2.75, 3.05) is 13.2 Å². The van der Waals surface area contributed by atoms with Gasteiger partial charge in [0.2, 0.25) is 0 Å². The second-order valence-corrected chi connectivity index (χ2v) is 4.63. The summed E-state index contributed by atoms with van der Waals surface area (Å²) in [7, 11) is 0. The summed E-state index contributed by atoms with van der Waals surface area (Å²) >= 11 is 0. The van der Waals surface area contributed by atoms with Gasteiger partial charge >= 0.3 is 5.97 Å². The highest BCUT2D eigenvalue weighted by Gasteiger charge is 2.17. The van der Waals surface area contributed by atoms with Crippen molar-refractivity contribution in [3.63, 3.8) is 0 Å². The van der Waals surface area contributed by atoms with Gasteiger partial charge in [-0.15, -0.1) is 0 Å². The summed E-state index contributed by atoms with van der Waals surface area (Å²) in [5.74, 6) is -0.175. The molecule has 0 aromatic heterocycles. The van der Waals surface area contributed by atoms with E-state index in [1.165, 1.54) is 0 Å². The molecule has 2 rings (SSSR count). The summed E-state index contributed by atoms with van der Waals surface area (Å²) < 4.78 is 5.70. The highest BCUT2D eigenvalue weighted by molar-refractivity contribution is 5.88. The molecule has 0 aliphatic heterocycles. The maximum atomic E-state index is 11.1. The summed E-state index contributed by atoms with van der Waals surface area (Å²) in [4.78, 5) is 11.1. The molecule has 1 atom stereocenters. The summed E-state index contributed by atoms with van der Waals surface area (Å²) in [6.45, 7) is 2.77. The van der Waals surface area contributed by atoms with Crippen LogP contribution in [0.3, 0.4) is 0 Å². The quantitative estimate of drug-likeness (QED) is 0.814. The number of nitrogens with one attached hydrogen (secondary N) is 1. The van der Waals surface area contributed by atoms with Gasteiger partial charge in [0.25, 0.3) is 0 Å². The van der Waals surface area contributed by atoms with Crippen LogP contribution in [0.1, 0.15) is 13.3 Å². The normalized spacial score (nSPS) is 12.2. The molecule has 20 heavy (non-hydrogen) atoms. The topological polar surface area (TPSA) is 58.6 Å². The minimum absolute atomic E-state index is 0.114. The molecule has 0 spiro atoms. The second-order valence-electron chi connectivity index (χ2n) is 4.63. The van der Waals surface area contributed by atoms with Gasteiger partial charge in [0.05, 0.1) is 0 Å². The van der Waals surface area contributed by atoms with Crippen LogP contribution in [0.5, 0.6) is 5.75 Å². The average molecular weight is 273 g/mol. The Morgan fingerprint density at radius 3 is 2.75 bits per heavy atom. The number of aliphatic carboxylic acids is 1. The van der Waals surface area contributed by atoms with Gasteiger partial charge in [0.15, 0.2) is 0 Å². The van der Waals surface area contributed by atoms with E-state index in [1.54, 1.807) is 0 Å². The minimum Gasteiger partial charge on any atom is -0.491 e. The maximum absolute atomic E-state index is 11.1. The molecule has 2 N–H and O–H groups in total. The molecule has 4 heteroatoms. The van der Waals surface area contributed by atoms with Crippen LogP contribution in [0.15, 0.2) is 42.5 Å². The SMILES string of the molecule is CCCNC(COc1cccc2ccccc12)C(=O)O. The molecule has 0 bridgehead atoms. The Morgan fingerprint density at radius 2 is 2.00 bits per heavy atom. The van der Waals surface area contributed by atoms with Crippen LogP contribution in [0.4, 0.5) is 0 Å². The molecular weight excluding hydrogens is 254 g/mol. The van der Waals surface area contributed by atoms with Crippen molar-refractivity contribution in [1.82, 2.24) is 5.32 Å². The number of ether oxygens (including phenoxy) is 1. The summed E-state index contributed by atoms with van der Waals surface area (Å²) in [6.07, 6.45) is 0.887. The van der Waals surface area contributed by atoms with Crippen LogP contribution in [0, 0.1) is 0 Å². The lowest BCUT2D eigenvalue weighted by molar-refractivity contribution is -0.140. The van der Waals surface area contributed by atoms with E-state index in [0.29, 0.717) is 12.3 Å². The number of hydrogen-bond donors (Lipinski definition) is 2. The lowest BCUT2D eigenvalue weighted by Gasteiger charge is -2.16. The van der Waals surface area contributed by atoms with E-state index in [1.807, 2.05) is 49.4 Å². The second kappa shape index (κ2) is 6.91. The molecule has 0 fully saturated rings. The Bertz CT molecular complexity index is 577. The number of carbonyl (C=O) groups is 1. The molecule has 2 aromatic carbocycles. The van der Waals surface area contributed by atoms with Gasteiger partial charge in [-0.1, -0.05) is 43.3 Å². The molecule has 0 aliphatic rings. The molecule has 1 unspecified atom stereocenters. The number of fused-ring (bicyclic) bond motifs is 1. The van der Waals surface area contributed by atoms with Crippen molar-refractivity contribution < 1.29 is 14.6 Å². The lowest BCUT2D eigenvalue weighted by atomic mass is 10.1. The lowest BCUT2D eigenvalue weighted by Crippen LogP contribution is -2.41. The number of carboxylic acids is 1. The Kier molecular flexibility index (Phi) is 4.96. The van der Waals surface area contributed by atoms with Gasteiger partial charge in [-0.3, -0.25) is 4.79 Å². The van der Waals surface area contributed by atoms with Crippen molar-refractivity contribution in [3.05, 3.63) is 42.5 Å². The van der Waals surface area contributed by atoms with E-state index in [-0.39, 0.29) is 6.61 Å². The fraction of sp³-hybridized carbons (Fsp3) is 0.312. The van der Waals surface area contributed by atoms with Gasteiger partial charge in [-0.05, 0) is 24.4 Å². The third-order valence-corrected chi connectivity index (χ3v) is 3.09. The van der Waals surface area contributed by atoms with Gasteiger partial charge < -0.3 is 15.2 Å². The predicted molar refractivity (Wildman–Crippen MR) is 79.2 cm³/mol. The van der Waals surface area contributed by atoms with Crippen LogP contribution in [0.2, 0.25) is 0 Å². The highest BCUT2D eigenvalue weighted by atomic mass is 16.5. The maximum Gasteiger partial charge on any atom is 0.324 e. The van der Waals surface area contributed by atoms with Gasteiger partial charge in [-0.2, -0.15) is 0 Å². The third-order valence-electron chi connectivity index (χ3n) is 3.09.